The van der Waals surface area contributed by atoms with Gasteiger partial charge in [-0.25, -0.2) is 4.79 Å². The number of aromatic amines is 1. The maximum atomic E-state index is 11.3. The first-order chi connectivity index (χ1) is 7.15. The number of rotatable bonds is 3. The van der Waals surface area contributed by atoms with Crippen LogP contribution < -0.4 is 16.6 Å². The van der Waals surface area contributed by atoms with Gasteiger partial charge in [0.2, 0.25) is 5.91 Å². The molecule has 6 nitrogen and oxygen atoms in total. The van der Waals surface area contributed by atoms with Crippen LogP contribution >= 0.6 is 0 Å². The van der Waals surface area contributed by atoms with E-state index in [1.807, 2.05) is 0 Å². The SMILES string of the molecule is O=C(Cn1ccc(=O)[nH]c1=O)NC1CC1. The van der Waals surface area contributed by atoms with E-state index >= 15 is 0 Å². The van der Waals surface area contributed by atoms with Crippen LogP contribution in [0.3, 0.4) is 0 Å². The second-order valence-electron chi connectivity index (χ2n) is 3.58. The van der Waals surface area contributed by atoms with Crippen molar-refractivity contribution in [1.82, 2.24) is 14.9 Å². The third kappa shape index (κ3) is 2.55. The largest absolute Gasteiger partial charge is 0.352 e. The van der Waals surface area contributed by atoms with Gasteiger partial charge in [-0.05, 0) is 12.8 Å². The summed E-state index contributed by atoms with van der Waals surface area (Å²) >= 11 is 0. The summed E-state index contributed by atoms with van der Waals surface area (Å²) in [6, 6.07) is 1.49. The Kier molecular flexibility index (Phi) is 2.40. The van der Waals surface area contributed by atoms with E-state index in [9.17, 15) is 14.4 Å². The molecule has 0 spiro atoms. The molecule has 0 radical (unpaired) electrons. The van der Waals surface area contributed by atoms with Crippen LogP contribution in [0.4, 0.5) is 0 Å². The van der Waals surface area contributed by atoms with Crippen LogP contribution in [0.1, 0.15) is 12.8 Å². The summed E-state index contributed by atoms with van der Waals surface area (Å²) in [6.07, 6.45) is 3.33. The Balaban J connectivity index is 2.06. The van der Waals surface area contributed by atoms with Crippen LogP contribution in [-0.4, -0.2) is 21.5 Å². The summed E-state index contributed by atoms with van der Waals surface area (Å²) in [4.78, 5) is 35.4. The third-order valence-electron chi connectivity index (χ3n) is 2.15. The van der Waals surface area contributed by atoms with Gasteiger partial charge in [0.05, 0.1) is 0 Å². The van der Waals surface area contributed by atoms with Crippen molar-refractivity contribution >= 4 is 5.91 Å². The van der Waals surface area contributed by atoms with Gasteiger partial charge < -0.3 is 5.32 Å². The third-order valence-corrected chi connectivity index (χ3v) is 2.15. The summed E-state index contributed by atoms with van der Waals surface area (Å²) < 4.78 is 1.17. The lowest BCUT2D eigenvalue weighted by Crippen LogP contribution is -2.36. The van der Waals surface area contributed by atoms with Crippen LogP contribution in [0.5, 0.6) is 0 Å². The highest BCUT2D eigenvalue weighted by atomic mass is 16.2. The zero-order valence-electron chi connectivity index (χ0n) is 8.03. The molecule has 0 atom stereocenters. The van der Waals surface area contributed by atoms with Crippen LogP contribution in [0.2, 0.25) is 0 Å². The van der Waals surface area contributed by atoms with Crippen LogP contribution in [-0.2, 0) is 11.3 Å². The number of amides is 1. The lowest BCUT2D eigenvalue weighted by molar-refractivity contribution is -0.121. The molecule has 1 amide bonds. The minimum Gasteiger partial charge on any atom is -0.352 e. The molecule has 0 aliphatic heterocycles. The fourth-order valence-corrected chi connectivity index (χ4v) is 1.22. The van der Waals surface area contributed by atoms with Gasteiger partial charge in [-0.1, -0.05) is 0 Å². The summed E-state index contributed by atoms with van der Waals surface area (Å²) in [5.41, 5.74) is -1.02. The average molecular weight is 209 g/mol. The standard InChI is InChI=1S/C9H11N3O3/c13-7-3-4-12(9(15)11-7)5-8(14)10-6-1-2-6/h3-4,6H,1-2,5H2,(H,10,14)(H,11,13,15). The van der Waals surface area contributed by atoms with E-state index in [0.29, 0.717) is 0 Å². The zero-order chi connectivity index (χ0) is 10.8. The molecule has 0 aromatic carbocycles. The molecule has 6 heteroatoms. The van der Waals surface area contributed by atoms with E-state index in [-0.39, 0.29) is 18.5 Å². The molecule has 1 fully saturated rings. The lowest BCUT2D eigenvalue weighted by Gasteiger charge is -2.04. The molecular formula is C9H11N3O3. The van der Waals surface area contributed by atoms with E-state index in [4.69, 9.17) is 0 Å². The molecular weight excluding hydrogens is 198 g/mol. The first kappa shape index (κ1) is 9.70. The molecule has 1 aromatic heterocycles. The number of hydrogen-bond acceptors (Lipinski definition) is 3. The Morgan fingerprint density at radius 3 is 2.87 bits per heavy atom. The van der Waals surface area contributed by atoms with E-state index in [2.05, 4.69) is 10.3 Å². The number of nitrogens with one attached hydrogen (secondary N) is 2. The first-order valence-corrected chi connectivity index (χ1v) is 4.74. The van der Waals surface area contributed by atoms with Crippen molar-refractivity contribution in [2.45, 2.75) is 25.4 Å². The second kappa shape index (κ2) is 3.72. The monoisotopic (exact) mass is 209 g/mol. The van der Waals surface area contributed by atoms with Gasteiger partial charge in [0.25, 0.3) is 5.56 Å². The van der Waals surface area contributed by atoms with Crippen molar-refractivity contribution in [3.63, 3.8) is 0 Å². The van der Waals surface area contributed by atoms with Gasteiger partial charge >= 0.3 is 5.69 Å². The molecule has 1 saturated carbocycles. The quantitative estimate of drug-likeness (QED) is 0.657. The number of aromatic nitrogens is 2. The van der Waals surface area contributed by atoms with Gasteiger partial charge in [-0.15, -0.1) is 0 Å². The fraction of sp³-hybridized carbons (Fsp3) is 0.444. The highest BCUT2D eigenvalue weighted by Crippen LogP contribution is 2.18. The number of carbonyl (C=O) groups is 1. The summed E-state index contributed by atoms with van der Waals surface area (Å²) in [6.45, 7) is -0.0495. The highest BCUT2D eigenvalue weighted by molar-refractivity contribution is 5.76. The fourth-order valence-electron chi connectivity index (χ4n) is 1.22. The van der Waals surface area contributed by atoms with Gasteiger partial charge in [0.15, 0.2) is 0 Å². The molecule has 80 valence electrons. The maximum Gasteiger partial charge on any atom is 0.328 e. The molecule has 15 heavy (non-hydrogen) atoms. The lowest BCUT2D eigenvalue weighted by atomic mass is 10.5. The topological polar surface area (TPSA) is 84.0 Å². The average Bonchev–Trinajstić information content (AvgIpc) is 2.94. The van der Waals surface area contributed by atoms with Gasteiger partial charge in [-0.2, -0.15) is 0 Å². The Hall–Kier alpha value is -1.85. The molecule has 1 heterocycles. The molecule has 2 rings (SSSR count). The molecule has 0 saturated heterocycles. The van der Waals surface area contributed by atoms with Crippen molar-refractivity contribution in [2.24, 2.45) is 0 Å². The van der Waals surface area contributed by atoms with E-state index < -0.39 is 11.2 Å². The summed E-state index contributed by atoms with van der Waals surface area (Å²) in [5, 5.41) is 2.75. The second-order valence-corrected chi connectivity index (χ2v) is 3.58. The molecule has 1 aliphatic rings. The predicted molar refractivity (Wildman–Crippen MR) is 52.5 cm³/mol. The Labute approximate surface area is 84.9 Å². The van der Waals surface area contributed by atoms with E-state index in [1.165, 1.54) is 16.8 Å². The zero-order valence-corrected chi connectivity index (χ0v) is 8.03. The number of carbonyl (C=O) groups excluding carboxylic acids is 1. The van der Waals surface area contributed by atoms with E-state index in [1.54, 1.807) is 0 Å². The first-order valence-electron chi connectivity index (χ1n) is 4.74. The van der Waals surface area contributed by atoms with Gasteiger partial charge in [0.1, 0.15) is 6.54 Å². The van der Waals surface area contributed by atoms with Crippen molar-refractivity contribution in [1.29, 1.82) is 0 Å². The number of hydrogen-bond donors (Lipinski definition) is 2. The smallest absolute Gasteiger partial charge is 0.328 e. The minimum atomic E-state index is -0.562. The predicted octanol–water partition coefficient (Wildman–Crippen LogP) is -1.18. The maximum absolute atomic E-state index is 11.3. The summed E-state index contributed by atoms with van der Waals surface area (Å²) in [7, 11) is 0. The van der Waals surface area contributed by atoms with Crippen molar-refractivity contribution in [3.8, 4) is 0 Å². The van der Waals surface area contributed by atoms with Crippen molar-refractivity contribution < 1.29 is 4.79 Å². The highest BCUT2D eigenvalue weighted by Gasteiger charge is 2.23. The van der Waals surface area contributed by atoms with Crippen molar-refractivity contribution in [2.75, 3.05) is 0 Å². The van der Waals surface area contributed by atoms with Crippen LogP contribution in [0, 0.1) is 0 Å². The summed E-state index contributed by atoms with van der Waals surface area (Å²) in [5.74, 6) is -0.202. The van der Waals surface area contributed by atoms with Crippen LogP contribution in [0.15, 0.2) is 21.9 Å². The van der Waals surface area contributed by atoms with Gasteiger partial charge in [-0.3, -0.25) is 19.1 Å². The minimum absolute atomic E-state index is 0.0495. The number of nitrogens with zero attached hydrogens (tertiary/aromatic N) is 1. The molecule has 1 aliphatic carbocycles. The molecule has 1 aromatic rings. The molecule has 0 unspecified atom stereocenters. The normalized spacial score (nSPS) is 14.9. The Morgan fingerprint density at radius 2 is 2.27 bits per heavy atom. The molecule has 0 bridgehead atoms. The number of H-pyrrole nitrogens is 1. The Morgan fingerprint density at radius 1 is 1.53 bits per heavy atom. The van der Waals surface area contributed by atoms with Gasteiger partial charge in [0, 0.05) is 18.3 Å². The van der Waals surface area contributed by atoms with Crippen molar-refractivity contribution in [3.05, 3.63) is 33.1 Å². The van der Waals surface area contributed by atoms with E-state index in [0.717, 1.165) is 12.8 Å². The molecule has 2 N–H and O–H groups in total. The van der Waals surface area contributed by atoms with Crippen LogP contribution in [0.25, 0.3) is 0 Å². The Bertz CT molecular complexity index is 484.